The molecule has 0 radical (unpaired) electrons. The van der Waals surface area contributed by atoms with Crippen molar-refractivity contribution in [1.29, 1.82) is 0 Å². The molecular weight excluding hydrogens is 265 g/mol. The summed E-state index contributed by atoms with van der Waals surface area (Å²) in [5.74, 6) is -0.128. The first-order valence-corrected chi connectivity index (χ1v) is 6.14. The van der Waals surface area contributed by atoms with Gasteiger partial charge in [0.05, 0.1) is 16.2 Å². The fourth-order valence-corrected chi connectivity index (χ4v) is 2.34. The Morgan fingerprint density at radius 1 is 1.26 bits per heavy atom. The fraction of sp³-hybridized carbons (Fsp3) is 0.0714. The fourth-order valence-electron chi connectivity index (χ4n) is 2.13. The number of nitrogen functional groups attached to an aromatic ring is 1. The number of aryl methyl sites for hydroxylation is 1. The van der Waals surface area contributed by atoms with E-state index in [2.05, 4.69) is 4.98 Å². The van der Waals surface area contributed by atoms with Crippen LogP contribution < -0.4 is 5.73 Å². The van der Waals surface area contributed by atoms with Crippen molar-refractivity contribution in [2.24, 2.45) is 0 Å². The van der Waals surface area contributed by atoms with Gasteiger partial charge in [-0.1, -0.05) is 23.7 Å². The molecule has 0 atom stereocenters. The maximum atomic E-state index is 14.1. The standard InChI is InChI=1S/C14H11ClFN3/c1-8-5-6-11(10(16)7-8)19-12-4-2-3-9(15)13(12)18-14(19)17/h2-7H,1H3,(H2,17,18). The van der Waals surface area contributed by atoms with E-state index >= 15 is 0 Å². The third-order valence-corrected chi connectivity index (χ3v) is 3.31. The van der Waals surface area contributed by atoms with Gasteiger partial charge in [0.25, 0.3) is 0 Å². The Balaban J connectivity index is 2.36. The van der Waals surface area contributed by atoms with Crippen LogP contribution in [0.3, 0.4) is 0 Å². The van der Waals surface area contributed by atoms with E-state index in [1.807, 2.05) is 19.1 Å². The number of anilines is 1. The normalized spacial score (nSPS) is 11.1. The topological polar surface area (TPSA) is 43.8 Å². The molecule has 0 aliphatic heterocycles. The molecule has 96 valence electrons. The van der Waals surface area contributed by atoms with Crippen molar-refractivity contribution in [2.45, 2.75) is 6.92 Å². The number of benzene rings is 2. The summed E-state index contributed by atoms with van der Waals surface area (Å²) in [7, 11) is 0. The highest BCUT2D eigenvalue weighted by molar-refractivity contribution is 6.35. The molecule has 0 saturated heterocycles. The molecule has 19 heavy (non-hydrogen) atoms. The lowest BCUT2D eigenvalue weighted by Gasteiger charge is -2.08. The summed E-state index contributed by atoms with van der Waals surface area (Å²) in [6, 6.07) is 10.3. The molecule has 0 spiro atoms. The summed E-state index contributed by atoms with van der Waals surface area (Å²) >= 11 is 6.07. The largest absolute Gasteiger partial charge is 0.369 e. The molecule has 0 saturated carbocycles. The van der Waals surface area contributed by atoms with E-state index in [-0.39, 0.29) is 11.8 Å². The van der Waals surface area contributed by atoms with Gasteiger partial charge < -0.3 is 5.73 Å². The smallest absolute Gasteiger partial charge is 0.206 e. The van der Waals surface area contributed by atoms with Crippen LogP contribution in [0.15, 0.2) is 36.4 Å². The quantitative estimate of drug-likeness (QED) is 0.736. The molecule has 0 amide bonds. The van der Waals surface area contributed by atoms with Crippen LogP contribution in [-0.4, -0.2) is 9.55 Å². The first-order chi connectivity index (χ1) is 9.08. The molecule has 0 aliphatic carbocycles. The van der Waals surface area contributed by atoms with Crippen molar-refractivity contribution < 1.29 is 4.39 Å². The van der Waals surface area contributed by atoms with Crippen molar-refractivity contribution in [3.63, 3.8) is 0 Å². The lowest BCUT2D eigenvalue weighted by molar-refractivity contribution is 0.619. The van der Waals surface area contributed by atoms with Crippen molar-refractivity contribution in [3.8, 4) is 5.69 Å². The molecule has 0 bridgehead atoms. The molecule has 0 unspecified atom stereocenters. The minimum absolute atomic E-state index is 0.214. The average molecular weight is 276 g/mol. The number of fused-ring (bicyclic) bond motifs is 1. The zero-order valence-electron chi connectivity index (χ0n) is 10.2. The molecule has 3 nitrogen and oxygen atoms in total. The van der Waals surface area contributed by atoms with Gasteiger partial charge in [-0.3, -0.25) is 4.57 Å². The summed E-state index contributed by atoms with van der Waals surface area (Å²) in [4.78, 5) is 4.19. The lowest BCUT2D eigenvalue weighted by atomic mass is 10.2. The minimum atomic E-state index is -0.342. The number of hydrogen-bond donors (Lipinski definition) is 1. The second-order valence-corrected chi connectivity index (χ2v) is 4.78. The summed E-state index contributed by atoms with van der Waals surface area (Å²) in [5, 5.41) is 0.496. The SMILES string of the molecule is Cc1ccc(-n2c(N)nc3c(Cl)cccc32)c(F)c1. The summed E-state index contributed by atoms with van der Waals surface area (Å²) in [5.41, 5.74) is 8.36. The predicted molar refractivity (Wildman–Crippen MR) is 75.2 cm³/mol. The zero-order valence-corrected chi connectivity index (χ0v) is 10.9. The molecule has 5 heteroatoms. The molecule has 0 fully saturated rings. The van der Waals surface area contributed by atoms with Gasteiger partial charge in [-0.05, 0) is 36.8 Å². The minimum Gasteiger partial charge on any atom is -0.369 e. The first kappa shape index (κ1) is 12.0. The van der Waals surface area contributed by atoms with Gasteiger partial charge >= 0.3 is 0 Å². The molecule has 2 aromatic carbocycles. The predicted octanol–water partition coefficient (Wildman–Crippen LogP) is 3.71. The second kappa shape index (κ2) is 4.24. The number of halogens is 2. The molecule has 1 heterocycles. The van der Waals surface area contributed by atoms with Gasteiger partial charge in [-0.15, -0.1) is 0 Å². The molecule has 3 rings (SSSR count). The second-order valence-electron chi connectivity index (χ2n) is 4.37. The van der Waals surface area contributed by atoms with E-state index in [9.17, 15) is 4.39 Å². The number of hydrogen-bond acceptors (Lipinski definition) is 2. The van der Waals surface area contributed by atoms with Crippen molar-refractivity contribution in [1.82, 2.24) is 9.55 Å². The van der Waals surface area contributed by atoms with Crippen LogP contribution in [0.25, 0.3) is 16.7 Å². The Morgan fingerprint density at radius 2 is 2.05 bits per heavy atom. The van der Waals surface area contributed by atoms with Crippen LogP contribution in [-0.2, 0) is 0 Å². The molecule has 1 aromatic heterocycles. The van der Waals surface area contributed by atoms with Crippen molar-refractivity contribution in [3.05, 3.63) is 52.8 Å². The van der Waals surface area contributed by atoms with E-state index in [4.69, 9.17) is 17.3 Å². The Bertz CT molecular complexity index is 780. The van der Waals surface area contributed by atoms with Crippen LogP contribution in [0.1, 0.15) is 5.56 Å². The number of aromatic nitrogens is 2. The summed E-state index contributed by atoms with van der Waals surface area (Å²) in [6.45, 7) is 1.83. The van der Waals surface area contributed by atoms with Gasteiger partial charge in [0, 0.05) is 0 Å². The van der Waals surface area contributed by atoms with Crippen molar-refractivity contribution in [2.75, 3.05) is 5.73 Å². The van der Waals surface area contributed by atoms with Gasteiger partial charge in [0.1, 0.15) is 11.3 Å². The Kier molecular flexibility index (Phi) is 2.68. The van der Waals surface area contributed by atoms with Crippen LogP contribution >= 0.6 is 11.6 Å². The van der Waals surface area contributed by atoms with Crippen LogP contribution in [0.5, 0.6) is 0 Å². The van der Waals surface area contributed by atoms with E-state index in [1.165, 1.54) is 6.07 Å². The van der Waals surface area contributed by atoms with E-state index < -0.39 is 0 Å². The number of imidazole rings is 1. The number of nitrogens with two attached hydrogens (primary N) is 1. The van der Waals surface area contributed by atoms with E-state index in [0.29, 0.717) is 21.7 Å². The highest BCUT2D eigenvalue weighted by atomic mass is 35.5. The maximum absolute atomic E-state index is 14.1. The van der Waals surface area contributed by atoms with Crippen molar-refractivity contribution >= 4 is 28.6 Å². The third-order valence-electron chi connectivity index (χ3n) is 3.01. The number of nitrogens with zero attached hydrogens (tertiary/aromatic N) is 2. The molecule has 2 N–H and O–H groups in total. The Hall–Kier alpha value is -2.07. The van der Waals surface area contributed by atoms with Gasteiger partial charge in [0.15, 0.2) is 0 Å². The average Bonchev–Trinajstić information content (AvgIpc) is 2.68. The Morgan fingerprint density at radius 3 is 2.79 bits per heavy atom. The van der Waals surface area contributed by atoms with Crippen LogP contribution in [0, 0.1) is 12.7 Å². The maximum Gasteiger partial charge on any atom is 0.206 e. The zero-order chi connectivity index (χ0) is 13.6. The number of para-hydroxylation sites is 1. The highest BCUT2D eigenvalue weighted by Gasteiger charge is 2.14. The van der Waals surface area contributed by atoms with Gasteiger partial charge in [-0.2, -0.15) is 0 Å². The summed E-state index contributed by atoms with van der Waals surface area (Å²) in [6.07, 6.45) is 0. The van der Waals surface area contributed by atoms with E-state index in [1.54, 1.807) is 22.8 Å². The molecule has 0 aliphatic rings. The van der Waals surface area contributed by atoms with Crippen LogP contribution in [0.4, 0.5) is 10.3 Å². The third kappa shape index (κ3) is 1.85. The van der Waals surface area contributed by atoms with Gasteiger partial charge in [-0.25, -0.2) is 9.37 Å². The lowest BCUT2D eigenvalue weighted by Crippen LogP contribution is -2.03. The van der Waals surface area contributed by atoms with Gasteiger partial charge in [0.2, 0.25) is 5.95 Å². The first-order valence-electron chi connectivity index (χ1n) is 5.77. The molecule has 3 aromatic rings. The monoisotopic (exact) mass is 275 g/mol. The van der Waals surface area contributed by atoms with E-state index in [0.717, 1.165) is 5.56 Å². The summed E-state index contributed by atoms with van der Waals surface area (Å²) < 4.78 is 15.7. The highest BCUT2D eigenvalue weighted by Crippen LogP contribution is 2.29. The Labute approximate surface area is 114 Å². The van der Waals surface area contributed by atoms with Crippen LogP contribution in [0.2, 0.25) is 5.02 Å². The number of rotatable bonds is 1. The molecular formula is C14H11ClFN3.